The molecule has 0 unspecified atom stereocenters. The first-order chi connectivity index (χ1) is 12.5. The third-order valence-electron chi connectivity index (χ3n) is 4.65. The van der Waals surface area contributed by atoms with Gasteiger partial charge < -0.3 is 4.90 Å². The van der Waals surface area contributed by atoms with Gasteiger partial charge in [-0.2, -0.15) is 5.10 Å². The number of hydrogen-bond acceptors (Lipinski definition) is 4. The van der Waals surface area contributed by atoms with E-state index in [2.05, 4.69) is 38.0 Å². The second-order valence-corrected chi connectivity index (χ2v) is 8.07. The van der Waals surface area contributed by atoms with Crippen molar-refractivity contribution in [2.75, 3.05) is 16.2 Å². The summed E-state index contributed by atoms with van der Waals surface area (Å²) in [5.74, 6) is 0. The molecule has 0 atom stereocenters. The number of anilines is 3. The maximum absolute atomic E-state index is 12.6. The van der Waals surface area contributed by atoms with Gasteiger partial charge in [0.25, 0.3) is 10.0 Å². The summed E-state index contributed by atoms with van der Waals surface area (Å²) in [4.78, 5) is 2.45. The normalized spacial score (nSPS) is 13.7. The molecule has 2 aromatic carbocycles. The SMILES string of the molecule is Cc1n[nH]c(C)c1S(=O)(=O)Nc1ccc(N2CCc3ccccc32)cc1. The molecule has 4 rings (SSSR count). The van der Waals surface area contributed by atoms with E-state index in [0.29, 0.717) is 17.1 Å². The summed E-state index contributed by atoms with van der Waals surface area (Å²) >= 11 is 0. The summed E-state index contributed by atoms with van der Waals surface area (Å²) in [6.07, 6.45) is 1.02. The van der Waals surface area contributed by atoms with E-state index in [-0.39, 0.29) is 4.90 Å². The molecule has 0 spiro atoms. The van der Waals surface area contributed by atoms with Crippen LogP contribution < -0.4 is 9.62 Å². The van der Waals surface area contributed by atoms with Crippen LogP contribution in [0.3, 0.4) is 0 Å². The van der Waals surface area contributed by atoms with E-state index in [1.54, 1.807) is 26.0 Å². The smallest absolute Gasteiger partial charge is 0.265 e. The van der Waals surface area contributed by atoms with Crippen LogP contribution in [0.4, 0.5) is 17.1 Å². The summed E-state index contributed by atoms with van der Waals surface area (Å²) in [5.41, 5.74) is 5.11. The van der Waals surface area contributed by atoms with E-state index in [9.17, 15) is 8.42 Å². The van der Waals surface area contributed by atoms with Gasteiger partial charge in [0.05, 0.1) is 11.4 Å². The molecular formula is C19H20N4O2S. The fourth-order valence-corrected chi connectivity index (χ4v) is 4.89. The van der Waals surface area contributed by atoms with Crippen LogP contribution in [-0.2, 0) is 16.4 Å². The van der Waals surface area contributed by atoms with Crippen molar-refractivity contribution in [3.63, 3.8) is 0 Å². The zero-order chi connectivity index (χ0) is 18.3. The number of nitrogens with one attached hydrogen (secondary N) is 2. The van der Waals surface area contributed by atoms with Crippen LogP contribution in [0, 0.1) is 13.8 Å². The van der Waals surface area contributed by atoms with Crippen LogP contribution in [0.5, 0.6) is 0 Å². The maximum atomic E-state index is 12.6. The zero-order valence-electron chi connectivity index (χ0n) is 14.7. The van der Waals surface area contributed by atoms with Crippen molar-refractivity contribution in [3.05, 3.63) is 65.5 Å². The average Bonchev–Trinajstić information content (AvgIpc) is 3.19. The number of fused-ring (bicyclic) bond motifs is 1. The summed E-state index contributed by atoms with van der Waals surface area (Å²) < 4.78 is 27.9. The van der Waals surface area contributed by atoms with E-state index in [1.165, 1.54) is 11.3 Å². The number of H-pyrrole nitrogens is 1. The number of aromatic amines is 1. The lowest BCUT2D eigenvalue weighted by Gasteiger charge is -2.20. The van der Waals surface area contributed by atoms with Crippen molar-refractivity contribution in [2.45, 2.75) is 25.2 Å². The zero-order valence-corrected chi connectivity index (χ0v) is 15.5. The molecule has 0 fully saturated rings. The van der Waals surface area contributed by atoms with Crippen LogP contribution >= 0.6 is 0 Å². The lowest BCUT2D eigenvalue weighted by atomic mass is 10.2. The molecule has 3 aromatic rings. The van der Waals surface area contributed by atoms with Crippen molar-refractivity contribution in [1.29, 1.82) is 0 Å². The van der Waals surface area contributed by atoms with Crippen LogP contribution in [0.15, 0.2) is 53.4 Å². The monoisotopic (exact) mass is 368 g/mol. The average molecular weight is 368 g/mol. The number of hydrogen-bond donors (Lipinski definition) is 2. The molecular weight excluding hydrogens is 348 g/mol. The van der Waals surface area contributed by atoms with Crippen molar-refractivity contribution in [3.8, 4) is 0 Å². The molecule has 0 bridgehead atoms. The minimum absolute atomic E-state index is 0.204. The Kier molecular flexibility index (Phi) is 3.96. The summed E-state index contributed by atoms with van der Waals surface area (Å²) in [6, 6.07) is 15.8. The van der Waals surface area contributed by atoms with Crippen molar-refractivity contribution >= 4 is 27.1 Å². The lowest BCUT2D eigenvalue weighted by Crippen LogP contribution is -2.15. The van der Waals surface area contributed by atoms with E-state index < -0.39 is 10.0 Å². The van der Waals surface area contributed by atoms with Gasteiger partial charge in [-0.25, -0.2) is 8.42 Å². The molecule has 0 saturated carbocycles. The van der Waals surface area contributed by atoms with Crippen molar-refractivity contribution in [1.82, 2.24) is 10.2 Å². The van der Waals surface area contributed by atoms with Gasteiger partial charge in [0, 0.05) is 23.6 Å². The Labute approximate surface area is 152 Å². The molecule has 6 nitrogen and oxygen atoms in total. The van der Waals surface area contributed by atoms with Crippen LogP contribution in [0.25, 0.3) is 0 Å². The van der Waals surface area contributed by atoms with Crippen LogP contribution in [0.1, 0.15) is 17.0 Å². The van der Waals surface area contributed by atoms with E-state index in [1.807, 2.05) is 18.2 Å². The largest absolute Gasteiger partial charge is 0.341 e. The minimum Gasteiger partial charge on any atom is -0.341 e. The van der Waals surface area contributed by atoms with E-state index >= 15 is 0 Å². The number of sulfonamides is 1. The minimum atomic E-state index is -3.67. The third-order valence-corrected chi connectivity index (χ3v) is 6.29. The van der Waals surface area contributed by atoms with Gasteiger partial charge in [-0.3, -0.25) is 9.82 Å². The molecule has 2 N–H and O–H groups in total. The number of para-hydroxylation sites is 1. The third kappa shape index (κ3) is 2.84. The van der Waals surface area contributed by atoms with E-state index in [4.69, 9.17) is 0 Å². The molecule has 1 aliphatic rings. The summed E-state index contributed by atoms with van der Waals surface area (Å²) in [6.45, 7) is 4.30. The van der Waals surface area contributed by atoms with Gasteiger partial charge >= 0.3 is 0 Å². The van der Waals surface area contributed by atoms with Gasteiger partial charge in [-0.1, -0.05) is 18.2 Å². The van der Waals surface area contributed by atoms with Crippen molar-refractivity contribution in [2.24, 2.45) is 0 Å². The Balaban J connectivity index is 1.58. The summed E-state index contributed by atoms with van der Waals surface area (Å²) in [5, 5.41) is 6.67. The first-order valence-corrected chi connectivity index (χ1v) is 9.94. The van der Waals surface area contributed by atoms with Crippen LogP contribution in [-0.4, -0.2) is 25.2 Å². The quantitative estimate of drug-likeness (QED) is 0.739. The van der Waals surface area contributed by atoms with E-state index in [0.717, 1.165) is 18.7 Å². The molecule has 7 heteroatoms. The van der Waals surface area contributed by atoms with Crippen molar-refractivity contribution < 1.29 is 8.42 Å². The topological polar surface area (TPSA) is 78.1 Å². The molecule has 0 aliphatic carbocycles. The lowest BCUT2D eigenvalue weighted by molar-refractivity contribution is 0.600. The molecule has 26 heavy (non-hydrogen) atoms. The van der Waals surface area contributed by atoms with Gasteiger partial charge in [-0.05, 0) is 56.2 Å². The summed E-state index contributed by atoms with van der Waals surface area (Å²) in [7, 11) is -3.67. The Hall–Kier alpha value is -2.80. The van der Waals surface area contributed by atoms with Gasteiger partial charge in [-0.15, -0.1) is 0 Å². The highest BCUT2D eigenvalue weighted by molar-refractivity contribution is 7.92. The molecule has 0 radical (unpaired) electrons. The first kappa shape index (κ1) is 16.7. The predicted octanol–water partition coefficient (Wildman–Crippen LogP) is 3.52. The molecule has 0 amide bonds. The highest BCUT2D eigenvalue weighted by Crippen LogP contribution is 2.34. The second-order valence-electron chi connectivity index (χ2n) is 6.45. The fraction of sp³-hybridized carbons (Fsp3) is 0.211. The van der Waals surface area contributed by atoms with Crippen LogP contribution in [0.2, 0.25) is 0 Å². The highest BCUT2D eigenvalue weighted by atomic mass is 32.2. The molecule has 0 saturated heterocycles. The van der Waals surface area contributed by atoms with Gasteiger partial charge in [0.2, 0.25) is 0 Å². The molecule has 1 aliphatic heterocycles. The fourth-order valence-electron chi connectivity index (χ4n) is 3.46. The Morgan fingerprint density at radius 3 is 2.50 bits per heavy atom. The second kappa shape index (κ2) is 6.17. The predicted molar refractivity (Wildman–Crippen MR) is 102 cm³/mol. The Bertz CT molecular complexity index is 1040. The van der Waals surface area contributed by atoms with Gasteiger partial charge in [0.1, 0.15) is 4.90 Å². The number of nitrogens with zero attached hydrogens (tertiary/aromatic N) is 2. The maximum Gasteiger partial charge on any atom is 0.265 e. The first-order valence-electron chi connectivity index (χ1n) is 8.45. The number of rotatable bonds is 4. The number of aromatic nitrogens is 2. The molecule has 2 heterocycles. The highest BCUT2D eigenvalue weighted by Gasteiger charge is 2.23. The molecule has 1 aromatic heterocycles. The number of aryl methyl sites for hydroxylation is 2. The Morgan fingerprint density at radius 1 is 1.08 bits per heavy atom. The van der Waals surface area contributed by atoms with Gasteiger partial charge in [0.15, 0.2) is 0 Å². The Morgan fingerprint density at radius 2 is 1.81 bits per heavy atom. The molecule has 134 valence electrons. The number of benzene rings is 2. The standard InChI is InChI=1S/C19H20N4O2S/c1-13-19(14(2)21-20-13)26(24,25)22-16-7-9-17(10-8-16)23-12-11-15-5-3-4-6-18(15)23/h3-10,22H,11-12H2,1-2H3,(H,20,21).